The molecule has 0 aromatic heterocycles. The first kappa shape index (κ1) is 20.9. The van der Waals surface area contributed by atoms with Crippen molar-refractivity contribution in [3.05, 3.63) is 48.6 Å². The molecule has 0 fully saturated rings. The summed E-state index contributed by atoms with van der Waals surface area (Å²) in [4.78, 5) is 4.29. The smallest absolute Gasteiger partial charge is 0.191 e. The van der Waals surface area contributed by atoms with E-state index in [0.717, 1.165) is 12.1 Å². The van der Waals surface area contributed by atoms with E-state index in [4.69, 9.17) is 4.74 Å². The summed E-state index contributed by atoms with van der Waals surface area (Å²) in [5.41, 5.74) is 1.09. The number of rotatable bonds is 9. The highest BCUT2D eigenvalue weighted by Crippen LogP contribution is 2.01. The third-order valence-electron chi connectivity index (χ3n) is 2.64. The summed E-state index contributed by atoms with van der Waals surface area (Å²) in [5, 5.41) is 16.0. The lowest BCUT2D eigenvalue weighted by molar-refractivity contribution is 0.0331. The Bertz CT molecular complexity index is 427. The van der Waals surface area contributed by atoms with Gasteiger partial charge in [0, 0.05) is 13.1 Å². The van der Waals surface area contributed by atoms with Gasteiger partial charge in [0.1, 0.15) is 0 Å². The van der Waals surface area contributed by atoms with Crippen molar-refractivity contribution < 1.29 is 9.84 Å². The molecule has 0 saturated heterocycles. The minimum Gasteiger partial charge on any atom is -0.389 e. The maximum atomic E-state index is 9.86. The van der Waals surface area contributed by atoms with Crippen molar-refractivity contribution in [2.75, 3.05) is 26.2 Å². The fraction of sp³-hybridized carbons (Fsp3) is 0.438. The molecule has 1 aromatic carbocycles. The number of hydrogen-bond acceptors (Lipinski definition) is 3. The molecule has 3 N–H and O–H groups in total. The molecule has 0 aliphatic carbocycles. The summed E-state index contributed by atoms with van der Waals surface area (Å²) >= 11 is 0. The first-order valence-electron chi connectivity index (χ1n) is 7.19. The molecule has 0 radical (unpaired) electrons. The van der Waals surface area contributed by atoms with Crippen LogP contribution in [0.15, 0.2) is 48.0 Å². The largest absolute Gasteiger partial charge is 0.389 e. The molecule has 0 spiro atoms. The number of guanidine groups is 1. The van der Waals surface area contributed by atoms with Gasteiger partial charge in [0.15, 0.2) is 5.96 Å². The zero-order valence-electron chi connectivity index (χ0n) is 13.0. The van der Waals surface area contributed by atoms with Gasteiger partial charge in [0.05, 0.1) is 25.9 Å². The highest BCUT2D eigenvalue weighted by atomic mass is 127. The quantitative estimate of drug-likeness (QED) is 0.248. The molecule has 0 aliphatic rings. The Morgan fingerprint density at radius 2 is 2.09 bits per heavy atom. The predicted octanol–water partition coefficient (Wildman–Crippen LogP) is 1.92. The second-order valence-corrected chi connectivity index (χ2v) is 4.54. The zero-order valence-corrected chi connectivity index (χ0v) is 15.3. The number of aliphatic hydroxyl groups excluding tert-OH is 1. The second-order valence-electron chi connectivity index (χ2n) is 4.54. The lowest BCUT2D eigenvalue weighted by Crippen LogP contribution is -2.38. The summed E-state index contributed by atoms with van der Waals surface area (Å²) in [5.74, 6) is 0.666. The van der Waals surface area contributed by atoms with E-state index in [1.807, 2.05) is 37.3 Å². The van der Waals surface area contributed by atoms with Gasteiger partial charge >= 0.3 is 0 Å². The SMILES string of the molecule is C=CCNC(=NCC(O)COCc1ccccc1)NCC.I. The van der Waals surface area contributed by atoms with E-state index in [2.05, 4.69) is 22.2 Å². The predicted molar refractivity (Wildman–Crippen MR) is 102 cm³/mol. The van der Waals surface area contributed by atoms with Crippen molar-refractivity contribution >= 4 is 29.9 Å². The van der Waals surface area contributed by atoms with E-state index in [0.29, 0.717) is 25.7 Å². The van der Waals surface area contributed by atoms with Gasteiger partial charge in [0.25, 0.3) is 0 Å². The monoisotopic (exact) mass is 419 g/mol. The van der Waals surface area contributed by atoms with E-state index in [1.54, 1.807) is 6.08 Å². The molecule has 0 bridgehead atoms. The van der Waals surface area contributed by atoms with Crippen molar-refractivity contribution in [1.29, 1.82) is 0 Å². The van der Waals surface area contributed by atoms with Crippen LogP contribution in [0, 0.1) is 0 Å². The van der Waals surface area contributed by atoms with Crippen molar-refractivity contribution in [1.82, 2.24) is 10.6 Å². The Hall–Kier alpha value is -1.12. The molecule has 0 heterocycles. The zero-order chi connectivity index (χ0) is 15.3. The third-order valence-corrected chi connectivity index (χ3v) is 2.64. The second kappa shape index (κ2) is 13.5. The number of ether oxygens (including phenoxy) is 1. The molecule has 124 valence electrons. The molecular formula is C16H26IN3O2. The Morgan fingerprint density at radius 1 is 1.36 bits per heavy atom. The van der Waals surface area contributed by atoms with Gasteiger partial charge in [-0.25, -0.2) is 0 Å². The fourth-order valence-corrected chi connectivity index (χ4v) is 1.65. The number of benzene rings is 1. The fourth-order valence-electron chi connectivity index (χ4n) is 1.65. The molecule has 1 unspecified atom stereocenters. The van der Waals surface area contributed by atoms with Gasteiger partial charge < -0.3 is 20.5 Å². The molecule has 1 rings (SSSR count). The van der Waals surface area contributed by atoms with Gasteiger partial charge in [-0.1, -0.05) is 36.4 Å². The van der Waals surface area contributed by atoms with Gasteiger partial charge in [-0.05, 0) is 12.5 Å². The lowest BCUT2D eigenvalue weighted by Gasteiger charge is -2.12. The van der Waals surface area contributed by atoms with Crippen LogP contribution in [0.25, 0.3) is 0 Å². The van der Waals surface area contributed by atoms with Crippen molar-refractivity contribution in [3.8, 4) is 0 Å². The summed E-state index contributed by atoms with van der Waals surface area (Å²) in [6.45, 7) is 8.08. The van der Waals surface area contributed by atoms with Crippen molar-refractivity contribution in [2.24, 2.45) is 4.99 Å². The van der Waals surface area contributed by atoms with E-state index in [9.17, 15) is 5.11 Å². The summed E-state index contributed by atoms with van der Waals surface area (Å²) in [7, 11) is 0. The van der Waals surface area contributed by atoms with Crippen molar-refractivity contribution in [2.45, 2.75) is 19.6 Å². The maximum Gasteiger partial charge on any atom is 0.191 e. The minimum absolute atomic E-state index is 0. The normalized spacial score (nSPS) is 12.2. The third kappa shape index (κ3) is 9.75. The number of halogens is 1. The Balaban J connectivity index is 0.00000441. The Morgan fingerprint density at radius 3 is 2.73 bits per heavy atom. The molecule has 22 heavy (non-hydrogen) atoms. The number of nitrogens with one attached hydrogen (secondary N) is 2. The number of aliphatic imine (C=N–C) groups is 1. The highest BCUT2D eigenvalue weighted by molar-refractivity contribution is 14.0. The van der Waals surface area contributed by atoms with Crippen LogP contribution in [0.2, 0.25) is 0 Å². The molecule has 5 nitrogen and oxygen atoms in total. The van der Waals surface area contributed by atoms with Crippen LogP contribution in [0.5, 0.6) is 0 Å². The van der Waals surface area contributed by atoms with Crippen LogP contribution < -0.4 is 10.6 Å². The molecule has 1 aromatic rings. The van der Waals surface area contributed by atoms with Gasteiger partial charge in [0.2, 0.25) is 0 Å². The summed E-state index contributed by atoms with van der Waals surface area (Å²) in [6.07, 6.45) is 1.14. The number of nitrogens with zero attached hydrogens (tertiary/aromatic N) is 1. The topological polar surface area (TPSA) is 65.9 Å². The maximum absolute atomic E-state index is 9.86. The van der Waals surface area contributed by atoms with Crippen molar-refractivity contribution in [3.63, 3.8) is 0 Å². The van der Waals surface area contributed by atoms with Gasteiger partial charge in [-0.2, -0.15) is 0 Å². The average Bonchev–Trinajstić information content (AvgIpc) is 2.51. The highest BCUT2D eigenvalue weighted by Gasteiger charge is 2.04. The minimum atomic E-state index is -0.618. The molecule has 6 heteroatoms. The van der Waals surface area contributed by atoms with Crippen LogP contribution in [0.1, 0.15) is 12.5 Å². The molecular weight excluding hydrogens is 393 g/mol. The average molecular weight is 419 g/mol. The van der Waals surface area contributed by atoms with Crippen LogP contribution in [-0.4, -0.2) is 43.4 Å². The van der Waals surface area contributed by atoms with E-state index < -0.39 is 6.10 Å². The first-order valence-corrected chi connectivity index (χ1v) is 7.19. The standard InChI is InChI=1S/C16H25N3O2.HI/c1-3-10-18-16(17-4-2)19-11-15(20)13-21-12-14-8-6-5-7-9-14;/h3,5-9,15,20H,1,4,10-13H2,2H3,(H2,17,18,19);1H. The van der Waals surface area contributed by atoms with Crippen LogP contribution >= 0.6 is 24.0 Å². The van der Waals surface area contributed by atoms with Crippen LogP contribution in [0.4, 0.5) is 0 Å². The molecule has 1 atom stereocenters. The molecule has 0 amide bonds. The molecule has 0 aliphatic heterocycles. The number of hydrogen-bond donors (Lipinski definition) is 3. The Labute approximate surface area is 149 Å². The first-order chi connectivity index (χ1) is 10.3. The van der Waals surface area contributed by atoms with Gasteiger partial charge in [-0.15, -0.1) is 30.6 Å². The van der Waals surface area contributed by atoms with Gasteiger partial charge in [-0.3, -0.25) is 4.99 Å². The summed E-state index contributed by atoms with van der Waals surface area (Å²) < 4.78 is 5.48. The summed E-state index contributed by atoms with van der Waals surface area (Å²) in [6, 6.07) is 9.88. The Kier molecular flexibility index (Phi) is 12.8. The van der Waals surface area contributed by atoms with E-state index in [1.165, 1.54) is 0 Å². The van der Waals surface area contributed by atoms with E-state index >= 15 is 0 Å². The van der Waals surface area contributed by atoms with Crippen LogP contribution in [0.3, 0.4) is 0 Å². The molecule has 0 saturated carbocycles. The van der Waals surface area contributed by atoms with E-state index in [-0.39, 0.29) is 30.6 Å². The van der Waals surface area contributed by atoms with Crippen LogP contribution in [-0.2, 0) is 11.3 Å². The lowest BCUT2D eigenvalue weighted by atomic mass is 10.2. The number of aliphatic hydroxyl groups is 1.